The van der Waals surface area contributed by atoms with E-state index in [0.717, 1.165) is 50.9 Å². The van der Waals surface area contributed by atoms with E-state index in [1.807, 2.05) is 6.07 Å². The first-order valence-electron chi connectivity index (χ1n) is 9.46. The fourth-order valence-electron chi connectivity index (χ4n) is 4.32. The number of amides is 1. The lowest BCUT2D eigenvalue weighted by molar-refractivity contribution is -0.138. The Kier molecular flexibility index (Phi) is 5.18. The number of hydrogen-bond donors (Lipinski definition) is 0. The summed E-state index contributed by atoms with van der Waals surface area (Å²) in [7, 11) is 0. The number of thiophene rings is 1. The van der Waals surface area contributed by atoms with Gasteiger partial charge in [0.05, 0.1) is 0 Å². The van der Waals surface area contributed by atoms with Gasteiger partial charge >= 0.3 is 0 Å². The first-order valence-corrected chi connectivity index (χ1v) is 10.4. The molecule has 1 amide bonds. The van der Waals surface area contributed by atoms with Crippen LogP contribution in [-0.2, 0) is 4.79 Å². The van der Waals surface area contributed by atoms with Crippen molar-refractivity contribution in [1.29, 1.82) is 0 Å². The summed E-state index contributed by atoms with van der Waals surface area (Å²) in [5.41, 5.74) is 2.51. The van der Waals surface area contributed by atoms with Crippen molar-refractivity contribution in [2.24, 2.45) is 0 Å². The number of hydrogen-bond acceptors (Lipinski definition) is 3. The first kappa shape index (κ1) is 16.8. The summed E-state index contributed by atoms with van der Waals surface area (Å²) in [4.78, 5) is 18.0. The minimum absolute atomic E-state index is 0.147. The lowest BCUT2D eigenvalue weighted by Gasteiger charge is -2.37. The number of carbonyl (C=O) groups excluding carboxylic acids is 1. The molecule has 3 nitrogen and oxygen atoms in total. The van der Waals surface area contributed by atoms with Crippen LogP contribution < -0.4 is 0 Å². The number of likely N-dealkylation sites (tertiary alicyclic amines) is 2. The molecule has 0 spiro atoms. The third-order valence-corrected chi connectivity index (χ3v) is 6.27. The summed E-state index contributed by atoms with van der Waals surface area (Å²) in [6.07, 6.45) is 5.84. The van der Waals surface area contributed by atoms with Crippen molar-refractivity contribution >= 4 is 17.2 Å². The van der Waals surface area contributed by atoms with Crippen molar-refractivity contribution < 1.29 is 4.79 Å². The van der Waals surface area contributed by atoms with Crippen LogP contribution in [0.2, 0.25) is 0 Å². The number of rotatable bonds is 4. The van der Waals surface area contributed by atoms with Gasteiger partial charge in [-0.3, -0.25) is 9.69 Å². The van der Waals surface area contributed by atoms with E-state index < -0.39 is 0 Å². The average molecular weight is 355 g/mol. The van der Waals surface area contributed by atoms with E-state index in [2.05, 4.69) is 50.9 Å². The van der Waals surface area contributed by atoms with Gasteiger partial charge < -0.3 is 4.90 Å². The lowest BCUT2D eigenvalue weighted by atomic mass is 9.99. The Labute approximate surface area is 154 Å². The fourth-order valence-corrected chi connectivity index (χ4v) is 5.03. The number of carbonyl (C=O) groups is 1. The SMILES string of the molecule is O=C([C@H](c1ccccc1)N1CCC[C@H]1c1ccsc1)N1CCCCC1. The monoisotopic (exact) mass is 354 g/mol. The Bertz CT molecular complexity index is 679. The second-order valence-corrected chi connectivity index (χ2v) is 7.93. The molecule has 0 aliphatic carbocycles. The minimum Gasteiger partial charge on any atom is -0.341 e. The smallest absolute Gasteiger partial charge is 0.244 e. The summed E-state index contributed by atoms with van der Waals surface area (Å²) in [6, 6.07) is 12.8. The van der Waals surface area contributed by atoms with Crippen LogP contribution in [0.25, 0.3) is 0 Å². The van der Waals surface area contributed by atoms with Gasteiger partial charge in [0.1, 0.15) is 6.04 Å². The third-order valence-electron chi connectivity index (χ3n) is 5.57. The first-order chi connectivity index (χ1) is 12.3. The van der Waals surface area contributed by atoms with Crippen molar-refractivity contribution in [3.8, 4) is 0 Å². The van der Waals surface area contributed by atoms with E-state index in [9.17, 15) is 4.79 Å². The highest BCUT2D eigenvalue weighted by molar-refractivity contribution is 7.07. The second-order valence-electron chi connectivity index (χ2n) is 7.15. The maximum atomic E-state index is 13.5. The van der Waals surface area contributed by atoms with Crippen LogP contribution >= 0.6 is 11.3 Å². The number of benzene rings is 1. The maximum absolute atomic E-state index is 13.5. The molecular formula is C21H26N2OS. The topological polar surface area (TPSA) is 23.6 Å². The molecule has 2 aromatic rings. The van der Waals surface area contributed by atoms with Crippen LogP contribution in [0.4, 0.5) is 0 Å². The third kappa shape index (κ3) is 3.51. The van der Waals surface area contributed by atoms with E-state index in [1.165, 1.54) is 12.0 Å². The highest BCUT2D eigenvalue weighted by Crippen LogP contribution is 2.40. The van der Waals surface area contributed by atoms with Gasteiger partial charge in [0.25, 0.3) is 0 Å². The quantitative estimate of drug-likeness (QED) is 0.798. The zero-order valence-electron chi connectivity index (χ0n) is 14.6. The number of piperidine rings is 1. The van der Waals surface area contributed by atoms with Crippen molar-refractivity contribution in [2.75, 3.05) is 19.6 Å². The van der Waals surface area contributed by atoms with Gasteiger partial charge in [0, 0.05) is 19.1 Å². The van der Waals surface area contributed by atoms with Gasteiger partial charge in [-0.15, -0.1) is 0 Å². The minimum atomic E-state index is -0.147. The zero-order chi connectivity index (χ0) is 17.1. The van der Waals surface area contributed by atoms with E-state index in [0.29, 0.717) is 11.9 Å². The maximum Gasteiger partial charge on any atom is 0.244 e. The fraction of sp³-hybridized carbons (Fsp3) is 0.476. The highest BCUT2D eigenvalue weighted by atomic mass is 32.1. The summed E-state index contributed by atoms with van der Waals surface area (Å²) in [6.45, 7) is 2.83. The molecule has 3 heterocycles. The molecular weight excluding hydrogens is 328 g/mol. The molecule has 2 atom stereocenters. The molecule has 0 bridgehead atoms. The molecule has 2 fully saturated rings. The summed E-state index contributed by atoms with van der Waals surface area (Å²) < 4.78 is 0. The van der Waals surface area contributed by atoms with Crippen LogP contribution in [0.1, 0.15) is 55.3 Å². The molecule has 0 saturated carbocycles. The summed E-state index contributed by atoms with van der Waals surface area (Å²) in [5.74, 6) is 0.299. The van der Waals surface area contributed by atoms with Crippen molar-refractivity contribution in [3.63, 3.8) is 0 Å². The van der Waals surface area contributed by atoms with Crippen LogP contribution in [0, 0.1) is 0 Å². The molecule has 132 valence electrons. The molecule has 1 aromatic carbocycles. The van der Waals surface area contributed by atoms with Crippen molar-refractivity contribution in [2.45, 2.75) is 44.2 Å². The predicted octanol–water partition coefficient (Wildman–Crippen LogP) is 4.64. The predicted molar refractivity (Wildman–Crippen MR) is 103 cm³/mol. The summed E-state index contributed by atoms with van der Waals surface area (Å²) >= 11 is 1.75. The van der Waals surface area contributed by atoms with Gasteiger partial charge in [-0.2, -0.15) is 11.3 Å². The van der Waals surface area contributed by atoms with Gasteiger partial charge in [-0.1, -0.05) is 30.3 Å². The lowest BCUT2D eigenvalue weighted by Crippen LogP contribution is -2.44. The Balaban J connectivity index is 1.66. The van der Waals surface area contributed by atoms with Crippen molar-refractivity contribution in [1.82, 2.24) is 9.80 Å². The van der Waals surface area contributed by atoms with E-state index >= 15 is 0 Å². The van der Waals surface area contributed by atoms with Crippen LogP contribution in [0.15, 0.2) is 47.2 Å². The van der Waals surface area contributed by atoms with Gasteiger partial charge in [-0.25, -0.2) is 0 Å². The Morgan fingerprint density at radius 2 is 1.80 bits per heavy atom. The molecule has 2 aliphatic heterocycles. The normalized spacial score (nSPS) is 22.9. The Morgan fingerprint density at radius 1 is 1.00 bits per heavy atom. The summed E-state index contributed by atoms with van der Waals surface area (Å²) in [5, 5.41) is 4.40. The average Bonchev–Trinajstić information content (AvgIpc) is 3.35. The van der Waals surface area contributed by atoms with Crippen LogP contribution in [0.5, 0.6) is 0 Å². The molecule has 25 heavy (non-hydrogen) atoms. The van der Waals surface area contributed by atoms with Gasteiger partial charge in [0.15, 0.2) is 0 Å². The van der Waals surface area contributed by atoms with E-state index in [-0.39, 0.29) is 6.04 Å². The van der Waals surface area contributed by atoms with Crippen LogP contribution in [-0.4, -0.2) is 35.3 Å². The molecule has 2 aliphatic rings. The Hall–Kier alpha value is -1.65. The molecule has 2 saturated heterocycles. The largest absolute Gasteiger partial charge is 0.341 e. The molecule has 0 N–H and O–H groups in total. The molecule has 4 heteroatoms. The molecule has 1 aromatic heterocycles. The van der Waals surface area contributed by atoms with Gasteiger partial charge in [-0.05, 0) is 66.6 Å². The van der Waals surface area contributed by atoms with Crippen LogP contribution in [0.3, 0.4) is 0 Å². The highest BCUT2D eigenvalue weighted by Gasteiger charge is 2.38. The second kappa shape index (κ2) is 7.71. The van der Waals surface area contributed by atoms with Crippen molar-refractivity contribution in [3.05, 3.63) is 58.3 Å². The Morgan fingerprint density at radius 3 is 2.52 bits per heavy atom. The zero-order valence-corrected chi connectivity index (χ0v) is 15.5. The molecule has 0 radical (unpaired) electrons. The molecule has 0 unspecified atom stereocenters. The van der Waals surface area contributed by atoms with E-state index in [4.69, 9.17) is 0 Å². The number of nitrogens with zero attached hydrogens (tertiary/aromatic N) is 2. The van der Waals surface area contributed by atoms with Gasteiger partial charge in [0.2, 0.25) is 5.91 Å². The van der Waals surface area contributed by atoms with E-state index in [1.54, 1.807) is 11.3 Å². The standard InChI is InChI=1S/C21H26N2OS/c24-21(22-12-5-2-6-13-22)20(17-8-3-1-4-9-17)23-14-7-10-19(23)18-11-15-25-16-18/h1,3-4,8-9,11,15-16,19-20H,2,5-7,10,12-14H2/t19-,20-/m0/s1. The molecule has 4 rings (SSSR count).